The number of nitrogens with zero attached hydrogens (tertiary/aromatic N) is 4. The fourth-order valence-corrected chi connectivity index (χ4v) is 3.02. The molecule has 0 saturated heterocycles. The molecule has 0 spiro atoms. The number of benzene rings is 2. The molecule has 0 amide bonds. The molecular formula is C17H16N4O. The van der Waals surface area contributed by atoms with Crippen LogP contribution in [0.5, 0.6) is 0 Å². The summed E-state index contributed by atoms with van der Waals surface area (Å²) in [4.78, 5) is 5.62. The maximum absolute atomic E-state index is 5.62. The highest BCUT2D eigenvalue weighted by atomic mass is 16.7. The van der Waals surface area contributed by atoms with Crippen molar-refractivity contribution in [2.24, 2.45) is 7.05 Å². The normalized spacial score (nSPS) is 12.9. The molecule has 2 aromatic carbocycles. The predicted molar refractivity (Wildman–Crippen MR) is 85.1 cm³/mol. The summed E-state index contributed by atoms with van der Waals surface area (Å²) in [6, 6.07) is 16.4. The van der Waals surface area contributed by atoms with Gasteiger partial charge in [-0.05, 0) is 11.6 Å². The van der Waals surface area contributed by atoms with E-state index in [-0.39, 0.29) is 0 Å². The topological polar surface area (TPSA) is 43.2 Å². The van der Waals surface area contributed by atoms with Gasteiger partial charge in [0.05, 0.1) is 25.0 Å². The molecule has 5 nitrogen and oxygen atoms in total. The van der Waals surface area contributed by atoms with Gasteiger partial charge in [0.25, 0.3) is 0 Å². The Morgan fingerprint density at radius 2 is 1.73 bits per heavy atom. The van der Waals surface area contributed by atoms with E-state index < -0.39 is 0 Å². The van der Waals surface area contributed by atoms with E-state index in [9.17, 15) is 0 Å². The molecule has 110 valence electrons. The number of aromatic nitrogens is 3. The van der Waals surface area contributed by atoms with Gasteiger partial charge in [-0.25, -0.2) is 9.75 Å². The van der Waals surface area contributed by atoms with Crippen LogP contribution in [0.15, 0.2) is 48.5 Å². The zero-order valence-corrected chi connectivity index (χ0v) is 12.5. The molecule has 4 rings (SSSR count). The third-order valence-electron chi connectivity index (χ3n) is 4.06. The summed E-state index contributed by atoms with van der Waals surface area (Å²) in [5.41, 5.74) is 6.28. The molecule has 5 heteroatoms. The highest BCUT2D eigenvalue weighted by Gasteiger charge is 2.25. The van der Waals surface area contributed by atoms with Crippen LogP contribution >= 0.6 is 0 Å². The van der Waals surface area contributed by atoms with Crippen molar-refractivity contribution in [3.05, 3.63) is 54.1 Å². The molecule has 22 heavy (non-hydrogen) atoms. The van der Waals surface area contributed by atoms with Crippen molar-refractivity contribution in [2.45, 2.75) is 6.54 Å². The summed E-state index contributed by atoms with van der Waals surface area (Å²) in [5.74, 6) is 0. The molecule has 1 aliphatic heterocycles. The van der Waals surface area contributed by atoms with Crippen molar-refractivity contribution in [3.8, 4) is 22.5 Å². The average molecular weight is 292 g/mol. The van der Waals surface area contributed by atoms with E-state index in [0.717, 1.165) is 28.2 Å². The van der Waals surface area contributed by atoms with Gasteiger partial charge in [0, 0.05) is 18.2 Å². The van der Waals surface area contributed by atoms with Crippen LogP contribution in [0.2, 0.25) is 0 Å². The Morgan fingerprint density at radius 1 is 1.00 bits per heavy atom. The Balaban J connectivity index is 2.09. The minimum atomic E-state index is 0.666. The fourth-order valence-electron chi connectivity index (χ4n) is 3.02. The first-order chi connectivity index (χ1) is 10.8. The van der Waals surface area contributed by atoms with Gasteiger partial charge in [0.1, 0.15) is 5.69 Å². The van der Waals surface area contributed by atoms with Crippen molar-refractivity contribution in [2.75, 3.05) is 12.2 Å². The maximum Gasteiger partial charge on any atom is 0.121 e. The minimum absolute atomic E-state index is 0.666. The first-order valence-corrected chi connectivity index (χ1v) is 7.18. The molecule has 1 aromatic heterocycles. The molecule has 3 aromatic rings. The maximum atomic E-state index is 5.62. The van der Waals surface area contributed by atoms with Gasteiger partial charge in [-0.3, -0.25) is 4.84 Å². The summed E-state index contributed by atoms with van der Waals surface area (Å²) >= 11 is 0. The summed E-state index contributed by atoms with van der Waals surface area (Å²) in [6.45, 7) is 0.666. The number of anilines is 1. The van der Waals surface area contributed by atoms with Crippen molar-refractivity contribution < 1.29 is 4.84 Å². The van der Waals surface area contributed by atoms with E-state index in [1.54, 1.807) is 7.11 Å². The first-order valence-electron chi connectivity index (χ1n) is 7.18. The average Bonchev–Trinajstić information content (AvgIpc) is 2.92. The van der Waals surface area contributed by atoms with Gasteiger partial charge < -0.3 is 0 Å². The lowest BCUT2D eigenvalue weighted by atomic mass is 9.96. The molecule has 0 N–H and O–H groups in total. The van der Waals surface area contributed by atoms with Crippen molar-refractivity contribution in [1.82, 2.24) is 15.0 Å². The second-order valence-corrected chi connectivity index (χ2v) is 5.30. The molecule has 0 atom stereocenters. The van der Waals surface area contributed by atoms with Gasteiger partial charge in [-0.15, -0.1) is 5.10 Å². The number of hydroxylamine groups is 1. The third-order valence-corrected chi connectivity index (χ3v) is 4.06. The van der Waals surface area contributed by atoms with Gasteiger partial charge in [-0.1, -0.05) is 47.7 Å². The van der Waals surface area contributed by atoms with Crippen molar-refractivity contribution in [3.63, 3.8) is 0 Å². The van der Waals surface area contributed by atoms with Crippen LogP contribution in [0.1, 0.15) is 5.56 Å². The summed E-state index contributed by atoms with van der Waals surface area (Å²) in [6.07, 6.45) is 0. The Bertz CT molecular complexity index is 840. The van der Waals surface area contributed by atoms with Crippen LogP contribution in [0.3, 0.4) is 0 Å². The van der Waals surface area contributed by atoms with E-state index in [1.165, 1.54) is 5.56 Å². The first kappa shape index (κ1) is 13.0. The number of aryl methyl sites for hydroxylation is 1. The number of rotatable bonds is 1. The molecule has 0 fully saturated rings. The van der Waals surface area contributed by atoms with Crippen molar-refractivity contribution in [1.29, 1.82) is 0 Å². The lowest BCUT2D eigenvalue weighted by Gasteiger charge is -2.27. The molecule has 2 heterocycles. The Labute approximate surface area is 128 Å². The van der Waals surface area contributed by atoms with Crippen LogP contribution in [0, 0.1) is 0 Å². The summed E-state index contributed by atoms with van der Waals surface area (Å²) in [7, 11) is 3.62. The molecule has 0 bridgehead atoms. The molecule has 0 unspecified atom stereocenters. The largest absolute Gasteiger partial charge is 0.276 e. The minimum Gasteiger partial charge on any atom is -0.276 e. The zero-order chi connectivity index (χ0) is 15.1. The number of para-hydroxylation sites is 1. The smallest absolute Gasteiger partial charge is 0.121 e. The van der Waals surface area contributed by atoms with E-state index >= 15 is 0 Å². The molecule has 1 aliphatic rings. The second-order valence-electron chi connectivity index (χ2n) is 5.30. The summed E-state index contributed by atoms with van der Waals surface area (Å²) in [5, 5.41) is 10.5. The Morgan fingerprint density at radius 3 is 2.55 bits per heavy atom. The summed E-state index contributed by atoms with van der Waals surface area (Å²) < 4.78 is 1.82. The fraction of sp³-hybridized carbons (Fsp3) is 0.176. The van der Waals surface area contributed by atoms with Gasteiger partial charge in [-0.2, -0.15) is 0 Å². The lowest BCUT2D eigenvalue weighted by Crippen LogP contribution is -2.23. The van der Waals surface area contributed by atoms with E-state index in [1.807, 2.05) is 41.1 Å². The zero-order valence-electron chi connectivity index (χ0n) is 12.5. The SMILES string of the molecule is CON1Cc2ccccc2-c2nnn(C)c2-c2ccccc21. The van der Waals surface area contributed by atoms with Crippen LogP contribution in [0.4, 0.5) is 5.69 Å². The van der Waals surface area contributed by atoms with Crippen LogP contribution in [0.25, 0.3) is 22.5 Å². The van der Waals surface area contributed by atoms with Crippen LogP contribution in [-0.2, 0) is 18.4 Å². The van der Waals surface area contributed by atoms with E-state index in [2.05, 4.69) is 34.6 Å². The van der Waals surface area contributed by atoms with E-state index in [0.29, 0.717) is 6.54 Å². The number of fused-ring (bicyclic) bond motifs is 5. The molecular weight excluding hydrogens is 276 g/mol. The predicted octanol–water partition coefficient (Wildman–Crippen LogP) is 3.03. The van der Waals surface area contributed by atoms with Crippen molar-refractivity contribution >= 4 is 5.69 Å². The third kappa shape index (κ3) is 1.83. The van der Waals surface area contributed by atoms with Crippen LogP contribution < -0.4 is 5.06 Å². The van der Waals surface area contributed by atoms with Crippen LogP contribution in [-0.4, -0.2) is 22.1 Å². The lowest BCUT2D eigenvalue weighted by molar-refractivity contribution is 0.163. The van der Waals surface area contributed by atoms with Gasteiger partial charge in [0.15, 0.2) is 0 Å². The highest BCUT2D eigenvalue weighted by Crippen LogP contribution is 2.40. The highest BCUT2D eigenvalue weighted by molar-refractivity contribution is 5.87. The molecule has 0 aliphatic carbocycles. The van der Waals surface area contributed by atoms with E-state index in [4.69, 9.17) is 4.84 Å². The molecule has 0 saturated carbocycles. The number of hydrogen-bond acceptors (Lipinski definition) is 4. The number of hydrogen-bond donors (Lipinski definition) is 0. The monoisotopic (exact) mass is 292 g/mol. The Kier molecular flexibility index (Phi) is 2.94. The van der Waals surface area contributed by atoms with Gasteiger partial charge in [0.2, 0.25) is 0 Å². The van der Waals surface area contributed by atoms with Gasteiger partial charge >= 0.3 is 0 Å². The molecule has 0 radical (unpaired) electrons. The quantitative estimate of drug-likeness (QED) is 0.691. The second kappa shape index (κ2) is 4.96. The Hall–Kier alpha value is -2.66. The standard InChI is InChI=1S/C17H16N4O/c1-20-17-14-9-5-6-10-15(14)21(22-2)11-12-7-3-4-8-13(12)16(17)18-19-20/h3-10H,11H2,1-2H3.